The molecule has 26 heavy (non-hydrogen) atoms. The molecular weight excluding hydrogens is 384 g/mol. The Morgan fingerprint density at radius 1 is 1.00 bits per heavy atom. The van der Waals surface area contributed by atoms with Crippen LogP contribution in [-0.2, 0) is 12.4 Å². The maximum Gasteiger partial charge on any atom is 0.417 e. The van der Waals surface area contributed by atoms with Crippen LogP contribution in [0.1, 0.15) is 30.0 Å². The maximum atomic E-state index is 13.2. The number of halogens is 7. The van der Waals surface area contributed by atoms with E-state index in [-0.39, 0.29) is 28.5 Å². The highest BCUT2D eigenvalue weighted by molar-refractivity contribution is 6.31. The fourth-order valence-corrected chi connectivity index (χ4v) is 2.32. The Labute approximate surface area is 150 Å². The number of rotatable bonds is 4. The molecule has 0 saturated carbocycles. The molecule has 0 aliphatic heterocycles. The predicted molar refractivity (Wildman–Crippen MR) is 85.4 cm³/mol. The van der Waals surface area contributed by atoms with E-state index in [1.54, 1.807) is 0 Å². The van der Waals surface area contributed by atoms with Gasteiger partial charge in [0, 0.05) is 10.6 Å². The molecule has 0 N–H and O–H groups in total. The van der Waals surface area contributed by atoms with Gasteiger partial charge in [-0.1, -0.05) is 29.7 Å². The van der Waals surface area contributed by atoms with Gasteiger partial charge in [0.05, 0.1) is 16.8 Å². The van der Waals surface area contributed by atoms with Crippen molar-refractivity contribution in [3.63, 3.8) is 0 Å². The number of alkyl halides is 6. The van der Waals surface area contributed by atoms with Gasteiger partial charge in [-0.05, 0) is 42.8 Å². The molecule has 140 valence electrons. The molecule has 0 bridgehead atoms. The summed E-state index contributed by atoms with van der Waals surface area (Å²) in [6.45, 7) is 1.54. The monoisotopic (exact) mass is 395 g/mol. The topological polar surface area (TPSA) is 21.6 Å². The highest BCUT2D eigenvalue weighted by atomic mass is 35.5. The van der Waals surface area contributed by atoms with E-state index in [0.717, 1.165) is 30.3 Å². The van der Waals surface area contributed by atoms with Crippen molar-refractivity contribution in [1.29, 1.82) is 0 Å². The number of benzene rings is 2. The zero-order chi connectivity index (χ0) is 19.5. The van der Waals surface area contributed by atoms with Crippen LogP contribution < -0.4 is 4.84 Å². The minimum absolute atomic E-state index is 0.0440. The van der Waals surface area contributed by atoms with Gasteiger partial charge in [0.15, 0.2) is 5.75 Å². The Morgan fingerprint density at radius 3 is 2.27 bits per heavy atom. The maximum absolute atomic E-state index is 13.2. The van der Waals surface area contributed by atoms with Gasteiger partial charge in [-0.2, -0.15) is 26.3 Å². The van der Waals surface area contributed by atoms with E-state index in [0.29, 0.717) is 6.07 Å². The third-order valence-corrected chi connectivity index (χ3v) is 3.59. The normalized spacial score (nSPS) is 13.0. The van der Waals surface area contributed by atoms with E-state index in [4.69, 9.17) is 16.4 Å². The zero-order valence-electron chi connectivity index (χ0n) is 13.2. The molecule has 0 amide bonds. The number of oxime groups is 1. The first-order valence-electron chi connectivity index (χ1n) is 7.30. The van der Waals surface area contributed by atoms with Crippen molar-refractivity contribution in [2.45, 2.75) is 25.7 Å². The first-order chi connectivity index (χ1) is 12.0. The highest BCUT2D eigenvalue weighted by Gasteiger charge is 2.34. The fraction of sp³-hybridized carbons (Fsp3) is 0.235. The van der Waals surface area contributed by atoms with Crippen LogP contribution in [0.4, 0.5) is 26.3 Å². The lowest BCUT2D eigenvalue weighted by Crippen LogP contribution is -2.14. The molecular formula is C17H12ClF6NO. The summed E-state index contributed by atoms with van der Waals surface area (Å²) in [6.07, 6.45) is -9.18. The lowest BCUT2D eigenvalue weighted by atomic mass is 10.0. The van der Waals surface area contributed by atoms with Crippen LogP contribution in [0.25, 0.3) is 0 Å². The third kappa shape index (κ3) is 4.91. The van der Waals surface area contributed by atoms with Crippen molar-refractivity contribution in [3.05, 3.63) is 64.2 Å². The standard InChI is InChI=1S/C17H12ClF6NO/c1-2-15(13-9-11(18)6-7-14(13)17(22,23)24)25-26-12-5-3-4-10(8-12)16(19,20)21/h3-9H,2H2,1H3/b25-15+. The van der Waals surface area contributed by atoms with Crippen molar-refractivity contribution in [1.82, 2.24) is 0 Å². The summed E-state index contributed by atoms with van der Waals surface area (Å²) in [5.41, 5.74) is -2.31. The minimum Gasteiger partial charge on any atom is -0.357 e. The zero-order valence-corrected chi connectivity index (χ0v) is 14.0. The van der Waals surface area contributed by atoms with Crippen LogP contribution in [0.15, 0.2) is 47.6 Å². The van der Waals surface area contributed by atoms with Crippen LogP contribution >= 0.6 is 11.6 Å². The molecule has 2 aromatic rings. The lowest BCUT2D eigenvalue weighted by molar-refractivity contribution is -0.138. The van der Waals surface area contributed by atoms with Crippen LogP contribution in [0.2, 0.25) is 5.02 Å². The largest absolute Gasteiger partial charge is 0.417 e. The van der Waals surface area contributed by atoms with Gasteiger partial charge >= 0.3 is 12.4 Å². The van der Waals surface area contributed by atoms with Gasteiger partial charge in [-0.15, -0.1) is 0 Å². The molecule has 0 radical (unpaired) electrons. The van der Waals surface area contributed by atoms with E-state index < -0.39 is 23.5 Å². The van der Waals surface area contributed by atoms with Crippen molar-refractivity contribution < 1.29 is 31.2 Å². The Kier molecular flexibility index (Phi) is 5.85. The van der Waals surface area contributed by atoms with E-state index in [2.05, 4.69) is 5.16 Å². The second kappa shape index (κ2) is 7.57. The van der Waals surface area contributed by atoms with Gasteiger partial charge in [0.2, 0.25) is 0 Å². The molecule has 0 fully saturated rings. The van der Waals surface area contributed by atoms with Gasteiger partial charge in [-0.3, -0.25) is 0 Å². The third-order valence-electron chi connectivity index (χ3n) is 3.36. The molecule has 0 aliphatic rings. The first kappa shape index (κ1) is 20.1. The molecule has 0 spiro atoms. The number of hydrogen-bond acceptors (Lipinski definition) is 2. The summed E-state index contributed by atoms with van der Waals surface area (Å²) in [5, 5.41) is 3.67. The highest BCUT2D eigenvalue weighted by Crippen LogP contribution is 2.34. The molecule has 0 atom stereocenters. The number of hydrogen-bond donors (Lipinski definition) is 0. The Bertz CT molecular complexity index is 814. The number of nitrogens with zero attached hydrogens (tertiary/aromatic N) is 1. The average molecular weight is 396 g/mol. The second-order valence-electron chi connectivity index (χ2n) is 5.20. The average Bonchev–Trinajstić information content (AvgIpc) is 2.54. The van der Waals surface area contributed by atoms with E-state index in [9.17, 15) is 26.3 Å². The molecule has 2 aromatic carbocycles. The summed E-state index contributed by atoms with van der Waals surface area (Å²) in [4.78, 5) is 4.93. The molecule has 2 nitrogen and oxygen atoms in total. The van der Waals surface area contributed by atoms with E-state index in [1.807, 2.05) is 0 Å². The Morgan fingerprint density at radius 2 is 1.69 bits per heavy atom. The van der Waals surface area contributed by atoms with E-state index in [1.165, 1.54) is 13.0 Å². The summed E-state index contributed by atoms with van der Waals surface area (Å²) < 4.78 is 77.6. The molecule has 0 unspecified atom stereocenters. The molecule has 9 heteroatoms. The summed E-state index contributed by atoms with van der Waals surface area (Å²) >= 11 is 5.77. The quantitative estimate of drug-likeness (QED) is 0.326. The van der Waals surface area contributed by atoms with Gasteiger partial charge in [0.1, 0.15) is 0 Å². The Balaban J connectivity index is 2.40. The van der Waals surface area contributed by atoms with Crippen LogP contribution in [0.3, 0.4) is 0 Å². The van der Waals surface area contributed by atoms with E-state index >= 15 is 0 Å². The summed E-state index contributed by atoms with van der Waals surface area (Å²) in [6, 6.07) is 6.87. The Hall–Kier alpha value is -2.22. The lowest BCUT2D eigenvalue weighted by Gasteiger charge is -2.14. The van der Waals surface area contributed by atoms with Crippen molar-refractivity contribution in [2.24, 2.45) is 5.16 Å². The predicted octanol–water partition coefficient (Wildman–Crippen LogP) is 6.57. The molecule has 0 heterocycles. The molecule has 2 rings (SSSR count). The first-order valence-corrected chi connectivity index (χ1v) is 7.68. The van der Waals surface area contributed by atoms with Crippen LogP contribution in [-0.4, -0.2) is 5.71 Å². The van der Waals surface area contributed by atoms with Gasteiger partial charge < -0.3 is 4.84 Å². The van der Waals surface area contributed by atoms with Crippen LogP contribution in [0, 0.1) is 0 Å². The second-order valence-corrected chi connectivity index (χ2v) is 5.63. The summed E-state index contributed by atoms with van der Waals surface area (Å²) in [5.74, 6) is -0.249. The molecule has 0 saturated heterocycles. The minimum atomic E-state index is -4.65. The van der Waals surface area contributed by atoms with Gasteiger partial charge in [0.25, 0.3) is 0 Å². The summed E-state index contributed by atoms with van der Waals surface area (Å²) in [7, 11) is 0. The van der Waals surface area contributed by atoms with Crippen LogP contribution in [0.5, 0.6) is 5.75 Å². The van der Waals surface area contributed by atoms with Crippen molar-refractivity contribution >= 4 is 17.3 Å². The smallest absolute Gasteiger partial charge is 0.357 e. The SMILES string of the molecule is CC/C(=N\Oc1cccc(C(F)(F)F)c1)c1cc(Cl)ccc1C(F)(F)F. The van der Waals surface area contributed by atoms with Gasteiger partial charge in [-0.25, -0.2) is 0 Å². The van der Waals surface area contributed by atoms with Crippen molar-refractivity contribution in [2.75, 3.05) is 0 Å². The molecule has 0 aliphatic carbocycles. The fourth-order valence-electron chi connectivity index (χ4n) is 2.14. The van der Waals surface area contributed by atoms with Crippen molar-refractivity contribution in [3.8, 4) is 5.75 Å². The molecule has 0 aromatic heterocycles.